The van der Waals surface area contributed by atoms with Gasteiger partial charge >= 0.3 is 0 Å². The summed E-state index contributed by atoms with van der Waals surface area (Å²) in [6.07, 6.45) is 7.95. The molecule has 1 saturated carbocycles. The van der Waals surface area contributed by atoms with Crippen molar-refractivity contribution >= 4 is 11.8 Å². The van der Waals surface area contributed by atoms with E-state index >= 15 is 0 Å². The fraction of sp³-hybridized carbons (Fsp3) is 0.417. The Bertz CT molecular complexity index is 873. The first kappa shape index (κ1) is 19.6. The SMILES string of the molecule is O=C(NC1CCCCCCC1)[C@H]1c2ccccc2C(=O)N1Cc1ccc(F)cc1. The van der Waals surface area contributed by atoms with Crippen LogP contribution in [0, 0.1) is 5.82 Å². The molecule has 1 heterocycles. The summed E-state index contributed by atoms with van der Waals surface area (Å²) >= 11 is 0. The average Bonchev–Trinajstić information content (AvgIpc) is 2.98. The molecule has 4 rings (SSSR count). The van der Waals surface area contributed by atoms with Crippen LogP contribution in [0.4, 0.5) is 4.39 Å². The number of carbonyl (C=O) groups is 2. The number of fused-ring (bicyclic) bond motifs is 1. The van der Waals surface area contributed by atoms with Gasteiger partial charge in [-0.3, -0.25) is 9.59 Å². The van der Waals surface area contributed by atoms with Crippen LogP contribution in [-0.4, -0.2) is 22.8 Å². The summed E-state index contributed by atoms with van der Waals surface area (Å²) in [6, 6.07) is 12.9. The Hall–Kier alpha value is -2.69. The van der Waals surface area contributed by atoms with Crippen molar-refractivity contribution in [3.8, 4) is 0 Å². The minimum absolute atomic E-state index is 0.115. The fourth-order valence-electron chi connectivity index (χ4n) is 4.48. The molecule has 2 aromatic rings. The van der Waals surface area contributed by atoms with Gasteiger partial charge in [-0.1, -0.05) is 62.4 Å². The molecule has 4 nitrogen and oxygen atoms in total. The van der Waals surface area contributed by atoms with E-state index in [0.29, 0.717) is 5.56 Å². The Balaban J connectivity index is 1.57. The summed E-state index contributed by atoms with van der Waals surface area (Å²) < 4.78 is 13.3. The van der Waals surface area contributed by atoms with E-state index in [-0.39, 0.29) is 30.2 Å². The van der Waals surface area contributed by atoms with Gasteiger partial charge in [0.25, 0.3) is 5.91 Å². The summed E-state index contributed by atoms with van der Waals surface area (Å²) in [5, 5.41) is 3.22. The second-order valence-corrected chi connectivity index (χ2v) is 8.10. The summed E-state index contributed by atoms with van der Waals surface area (Å²) in [7, 11) is 0. The third-order valence-corrected chi connectivity index (χ3v) is 6.02. The van der Waals surface area contributed by atoms with E-state index in [2.05, 4.69) is 5.32 Å². The number of nitrogens with zero attached hydrogens (tertiary/aromatic N) is 1. The molecule has 2 amide bonds. The van der Waals surface area contributed by atoms with Crippen LogP contribution in [0.2, 0.25) is 0 Å². The lowest BCUT2D eigenvalue weighted by Crippen LogP contribution is -2.43. The van der Waals surface area contributed by atoms with Crippen molar-refractivity contribution < 1.29 is 14.0 Å². The van der Waals surface area contributed by atoms with Gasteiger partial charge in [0.2, 0.25) is 5.91 Å². The van der Waals surface area contributed by atoms with Crippen LogP contribution in [0.5, 0.6) is 0 Å². The zero-order valence-corrected chi connectivity index (χ0v) is 16.6. The van der Waals surface area contributed by atoms with E-state index < -0.39 is 6.04 Å². The number of hydrogen-bond acceptors (Lipinski definition) is 2. The minimum atomic E-state index is -0.644. The number of carbonyl (C=O) groups excluding carboxylic acids is 2. The molecule has 0 radical (unpaired) electrons. The smallest absolute Gasteiger partial charge is 0.255 e. The van der Waals surface area contributed by atoms with E-state index in [4.69, 9.17) is 0 Å². The van der Waals surface area contributed by atoms with Crippen LogP contribution < -0.4 is 5.32 Å². The van der Waals surface area contributed by atoms with E-state index in [0.717, 1.165) is 36.8 Å². The van der Waals surface area contributed by atoms with Gasteiger partial charge in [0.1, 0.15) is 11.9 Å². The normalized spacial score (nSPS) is 20.1. The first-order chi connectivity index (χ1) is 14.1. The third kappa shape index (κ3) is 4.34. The average molecular weight is 394 g/mol. The number of hydrogen-bond donors (Lipinski definition) is 1. The summed E-state index contributed by atoms with van der Waals surface area (Å²) in [6.45, 7) is 0.274. The van der Waals surface area contributed by atoms with Crippen LogP contribution in [0.25, 0.3) is 0 Å². The molecular formula is C24H27FN2O2. The highest BCUT2D eigenvalue weighted by molar-refractivity contribution is 6.04. The molecule has 1 aliphatic heterocycles. The quantitative estimate of drug-likeness (QED) is 0.813. The van der Waals surface area contributed by atoms with E-state index in [1.54, 1.807) is 23.1 Å². The highest BCUT2D eigenvalue weighted by Gasteiger charge is 2.41. The standard InChI is InChI=1S/C24H27FN2O2/c25-18-14-12-17(13-15-18)16-27-22(20-10-6-7-11-21(20)24(27)29)23(28)26-19-8-4-2-1-3-5-9-19/h6-7,10-15,19,22H,1-5,8-9,16H2,(H,26,28)/t22-/m1/s1. The van der Waals surface area contributed by atoms with Crippen molar-refractivity contribution in [1.29, 1.82) is 0 Å². The fourth-order valence-corrected chi connectivity index (χ4v) is 4.48. The van der Waals surface area contributed by atoms with Gasteiger partial charge in [-0.15, -0.1) is 0 Å². The number of rotatable bonds is 4. The molecule has 2 aromatic carbocycles. The summed E-state index contributed by atoms with van der Waals surface area (Å²) in [4.78, 5) is 28.0. The van der Waals surface area contributed by atoms with Crippen molar-refractivity contribution in [2.24, 2.45) is 0 Å². The van der Waals surface area contributed by atoms with Gasteiger partial charge in [0.05, 0.1) is 0 Å². The maximum atomic E-state index is 13.3. The Labute approximate surface area is 171 Å². The van der Waals surface area contributed by atoms with Gasteiger partial charge in [0, 0.05) is 18.2 Å². The molecule has 5 heteroatoms. The molecule has 1 fully saturated rings. The molecule has 0 aromatic heterocycles. The van der Waals surface area contributed by atoms with Crippen molar-refractivity contribution in [2.75, 3.05) is 0 Å². The van der Waals surface area contributed by atoms with Crippen LogP contribution in [0.15, 0.2) is 48.5 Å². The minimum Gasteiger partial charge on any atom is -0.351 e. The Kier molecular flexibility index (Phi) is 5.93. The maximum Gasteiger partial charge on any atom is 0.255 e. The molecule has 152 valence electrons. The lowest BCUT2D eigenvalue weighted by molar-refractivity contribution is -0.126. The van der Waals surface area contributed by atoms with E-state index in [1.807, 2.05) is 18.2 Å². The molecule has 2 aliphatic rings. The lowest BCUT2D eigenvalue weighted by atomic mass is 9.96. The van der Waals surface area contributed by atoms with E-state index in [1.165, 1.54) is 31.4 Å². The zero-order chi connectivity index (χ0) is 20.2. The summed E-state index contributed by atoms with van der Waals surface area (Å²) in [5.74, 6) is -0.581. The molecule has 0 spiro atoms. The molecule has 29 heavy (non-hydrogen) atoms. The Morgan fingerprint density at radius 2 is 1.62 bits per heavy atom. The predicted molar refractivity (Wildman–Crippen MR) is 110 cm³/mol. The molecule has 0 bridgehead atoms. The predicted octanol–water partition coefficient (Wildman–Crippen LogP) is 4.75. The number of benzene rings is 2. The Morgan fingerprint density at radius 3 is 2.34 bits per heavy atom. The van der Waals surface area contributed by atoms with Crippen molar-refractivity contribution in [3.63, 3.8) is 0 Å². The third-order valence-electron chi connectivity index (χ3n) is 6.02. The van der Waals surface area contributed by atoms with Gasteiger partial charge in [-0.25, -0.2) is 4.39 Å². The van der Waals surface area contributed by atoms with Crippen LogP contribution in [0.3, 0.4) is 0 Å². The monoisotopic (exact) mass is 394 g/mol. The second kappa shape index (κ2) is 8.76. The maximum absolute atomic E-state index is 13.3. The molecule has 0 unspecified atom stereocenters. The second-order valence-electron chi connectivity index (χ2n) is 8.10. The lowest BCUT2D eigenvalue weighted by Gasteiger charge is -2.28. The molecule has 1 aliphatic carbocycles. The first-order valence-corrected chi connectivity index (χ1v) is 10.6. The van der Waals surface area contributed by atoms with Gasteiger partial charge in [0.15, 0.2) is 0 Å². The zero-order valence-electron chi connectivity index (χ0n) is 16.6. The van der Waals surface area contributed by atoms with Crippen LogP contribution in [-0.2, 0) is 11.3 Å². The highest BCUT2D eigenvalue weighted by atomic mass is 19.1. The molecule has 1 atom stereocenters. The van der Waals surface area contributed by atoms with Crippen molar-refractivity contribution in [2.45, 2.75) is 63.6 Å². The molecule has 0 saturated heterocycles. The molecular weight excluding hydrogens is 367 g/mol. The number of amides is 2. The topological polar surface area (TPSA) is 49.4 Å². The Morgan fingerprint density at radius 1 is 0.966 bits per heavy atom. The summed E-state index contributed by atoms with van der Waals surface area (Å²) in [5.41, 5.74) is 2.13. The number of halogens is 1. The van der Waals surface area contributed by atoms with Crippen molar-refractivity contribution in [1.82, 2.24) is 10.2 Å². The van der Waals surface area contributed by atoms with Gasteiger partial charge in [-0.2, -0.15) is 0 Å². The van der Waals surface area contributed by atoms with Gasteiger partial charge < -0.3 is 10.2 Å². The van der Waals surface area contributed by atoms with Crippen molar-refractivity contribution in [3.05, 3.63) is 71.0 Å². The largest absolute Gasteiger partial charge is 0.351 e. The first-order valence-electron chi connectivity index (χ1n) is 10.6. The highest BCUT2D eigenvalue weighted by Crippen LogP contribution is 2.35. The number of nitrogens with one attached hydrogen (secondary N) is 1. The van der Waals surface area contributed by atoms with Crippen LogP contribution in [0.1, 0.15) is 72.5 Å². The van der Waals surface area contributed by atoms with Crippen LogP contribution >= 0.6 is 0 Å². The van der Waals surface area contributed by atoms with Gasteiger partial charge in [-0.05, 0) is 42.2 Å². The van der Waals surface area contributed by atoms with E-state index in [9.17, 15) is 14.0 Å². The molecule has 1 N–H and O–H groups in total.